The van der Waals surface area contributed by atoms with Gasteiger partial charge in [-0.05, 0) is 104 Å². The number of anilines is 1. The topological polar surface area (TPSA) is 107 Å². The number of nitrogens with one attached hydrogen (secondary N) is 2. The average Bonchev–Trinajstić information content (AvgIpc) is 2.84. The second-order valence-electron chi connectivity index (χ2n) is 11.3. The number of nitrogens with zero attached hydrogens (tertiary/aromatic N) is 3. The number of aliphatic carboxylic acids is 1. The lowest BCUT2D eigenvalue weighted by Gasteiger charge is -2.32. The summed E-state index contributed by atoms with van der Waals surface area (Å²) in [5.74, 6) is 0.0438. The number of hydrogen-bond acceptors (Lipinski definition) is 6. The van der Waals surface area contributed by atoms with E-state index in [-0.39, 0.29) is 18.1 Å². The van der Waals surface area contributed by atoms with Crippen LogP contribution in [0.5, 0.6) is 0 Å². The molecule has 1 aliphatic carbocycles. The van der Waals surface area contributed by atoms with Crippen LogP contribution in [-0.4, -0.2) is 88.9 Å². The summed E-state index contributed by atoms with van der Waals surface area (Å²) in [7, 11) is 0. The number of aryl methyl sites for hydroxylation is 2. The zero-order valence-electron chi connectivity index (χ0n) is 23.9. The number of unbranched alkanes of at least 4 members (excludes halogenated alkanes) is 1. The fourth-order valence-corrected chi connectivity index (χ4v) is 5.23. The molecule has 0 spiro atoms. The molecule has 0 bridgehead atoms. The summed E-state index contributed by atoms with van der Waals surface area (Å²) in [6, 6.07) is 3.08. The Labute approximate surface area is 228 Å². The molecule has 0 unspecified atom stereocenters. The van der Waals surface area contributed by atoms with Crippen molar-refractivity contribution in [2.75, 3.05) is 38.1 Å². The van der Waals surface area contributed by atoms with Crippen LogP contribution in [0.2, 0.25) is 0 Å². The lowest BCUT2D eigenvalue weighted by Crippen LogP contribution is -2.53. The summed E-state index contributed by atoms with van der Waals surface area (Å²) < 4.78 is 5.99. The molecule has 0 radical (unpaired) electrons. The number of hydrogen-bond donors (Lipinski definition) is 3. The Morgan fingerprint density at radius 1 is 1.11 bits per heavy atom. The number of carbonyl (C=O) groups is 2. The number of rotatable bonds is 16. The van der Waals surface area contributed by atoms with Crippen LogP contribution in [0.25, 0.3) is 0 Å². The minimum absolute atomic E-state index is 0.00927. The monoisotopic (exact) mass is 531 g/mol. The largest absolute Gasteiger partial charge is 0.480 e. The molecule has 2 amide bonds. The summed E-state index contributed by atoms with van der Waals surface area (Å²) in [4.78, 5) is 33.6. The van der Waals surface area contributed by atoms with Gasteiger partial charge in [0.1, 0.15) is 11.9 Å². The van der Waals surface area contributed by atoms with E-state index in [4.69, 9.17) is 9.72 Å². The molecule has 9 nitrogen and oxygen atoms in total. The Kier molecular flexibility index (Phi) is 12.1. The zero-order chi connectivity index (χ0) is 27.5. The van der Waals surface area contributed by atoms with Gasteiger partial charge >= 0.3 is 12.0 Å². The number of carboxylic acid groups (broad SMARTS) is 1. The molecule has 2 aliphatic rings. The lowest BCUT2D eigenvalue weighted by molar-refractivity contribution is -0.139. The fraction of sp³-hybridized carbons (Fsp3) is 0.759. The van der Waals surface area contributed by atoms with E-state index in [0.29, 0.717) is 25.7 Å². The van der Waals surface area contributed by atoms with Crippen LogP contribution in [0.3, 0.4) is 0 Å². The van der Waals surface area contributed by atoms with E-state index < -0.39 is 12.0 Å². The van der Waals surface area contributed by atoms with Crippen LogP contribution >= 0.6 is 0 Å². The third-order valence-corrected chi connectivity index (χ3v) is 7.60. The predicted octanol–water partition coefficient (Wildman–Crippen LogP) is 4.31. The van der Waals surface area contributed by atoms with E-state index in [1.54, 1.807) is 4.90 Å². The van der Waals surface area contributed by atoms with Crippen molar-refractivity contribution in [3.63, 3.8) is 0 Å². The van der Waals surface area contributed by atoms with Crippen molar-refractivity contribution in [1.29, 1.82) is 0 Å². The summed E-state index contributed by atoms with van der Waals surface area (Å²) in [6.07, 6.45) is 9.44. The van der Waals surface area contributed by atoms with Crippen molar-refractivity contribution in [2.45, 2.75) is 110 Å². The molecule has 9 heteroatoms. The van der Waals surface area contributed by atoms with E-state index in [0.717, 1.165) is 76.1 Å². The summed E-state index contributed by atoms with van der Waals surface area (Å²) in [5.41, 5.74) is 2.43. The highest BCUT2D eigenvalue weighted by Crippen LogP contribution is 2.22. The first-order valence-electron chi connectivity index (χ1n) is 14.6. The third kappa shape index (κ3) is 9.42. The smallest absolute Gasteiger partial charge is 0.326 e. The quantitative estimate of drug-likeness (QED) is 0.273. The number of fused-ring (bicyclic) bond motifs is 1. The molecule has 1 fully saturated rings. The van der Waals surface area contributed by atoms with Crippen molar-refractivity contribution in [3.05, 3.63) is 23.4 Å². The van der Waals surface area contributed by atoms with Gasteiger partial charge < -0.3 is 30.3 Å². The highest BCUT2D eigenvalue weighted by molar-refractivity contribution is 5.82. The SMILES string of the molecule is CC(C)N(C(=O)N[C@@H](CCN(CCCCc1ccc2c(n1)NCCC2)CCOC1CCC1)C(=O)O)C(C)C. The summed E-state index contributed by atoms with van der Waals surface area (Å²) in [6.45, 7) is 11.6. The van der Waals surface area contributed by atoms with Gasteiger partial charge in [-0.1, -0.05) is 6.07 Å². The standard InChI is InChI=1S/C29H49N5O4/c1-21(2)34(22(3)4)29(37)32-26(28(35)36)15-18-33(19-20-38-25-11-7-12-25)17-6-5-10-24-14-13-23-9-8-16-30-27(23)31-24/h13-14,21-22,25-26H,5-12,15-20H2,1-4H3,(H,30,31)(H,32,37)(H,35,36)/t26-/m0/s1. The van der Waals surface area contributed by atoms with Gasteiger partial charge in [-0.2, -0.15) is 0 Å². The Hall–Kier alpha value is -2.39. The molecule has 38 heavy (non-hydrogen) atoms. The predicted molar refractivity (Wildman–Crippen MR) is 151 cm³/mol. The molecule has 2 heterocycles. The molecular weight excluding hydrogens is 482 g/mol. The molecule has 3 rings (SSSR count). The first-order chi connectivity index (χ1) is 18.2. The highest BCUT2D eigenvalue weighted by Gasteiger charge is 2.27. The third-order valence-electron chi connectivity index (χ3n) is 7.60. The number of carboxylic acids is 1. The maximum atomic E-state index is 12.8. The van der Waals surface area contributed by atoms with Crippen molar-refractivity contribution in [1.82, 2.24) is 20.1 Å². The van der Waals surface area contributed by atoms with Gasteiger partial charge in [0.25, 0.3) is 0 Å². The van der Waals surface area contributed by atoms with Crippen LogP contribution in [0, 0.1) is 0 Å². The van der Waals surface area contributed by atoms with Crippen LogP contribution in [0.4, 0.5) is 10.6 Å². The number of amides is 2. The van der Waals surface area contributed by atoms with Crippen LogP contribution in [-0.2, 0) is 22.4 Å². The van der Waals surface area contributed by atoms with E-state index in [2.05, 4.69) is 27.7 Å². The molecular formula is C29H49N5O4. The first kappa shape index (κ1) is 30.2. The zero-order valence-corrected chi connectivity index (χ0v) is 23.9. The Morgan fingerprint density at radius 2 is 1.87 bits per heavy atom. The maximum absolute atomic E-state index is 12.8. The van der Waals surface area contributed by atoms with Crippen molar-refractivity contribution < 1.29 is 19.4 Å². The van der Waals surface area contributed by atoms with E-state index in [9.17, 15) is 14.7 Å². The molecule has 214 valence electrons. The molecule has 0 saturated heterocycles. The molecule has 1 aromatic rings. The van der Waals surface area contributed by atoms with Gasteiger partial charge in [-0.3, -0.25) is 0 Å². The average molecular weight is 532 g/mol. The van der Waals surface area contributed by atoms with E-state index in [1.165, 1.54) is 12.0 Å². The number of ether oxygens (including phenoxy) is 1. The van der Waals surface area contributed by atoms with E-state index in [1.807, 2.05) is 27.7 Å². The molecule has 1 saturated carbocycles. The van der Waals surface area contributed by atoms with Crippen LogP contribution in [0.15, 0.2) is 12.1 Å². The summed E-state index contributed by atoms with van der Waals surface area (Å²) in [5, 5.41) is 16.0. The number of carbonyl (C=O) groups excluding carboxylic acids is 1. The highest BCUT2D eigenvalue weighted by atomic mass is 16.5. The molecule has 1 aromatic heterocycles. The molecule has 1 atom stereocenters. The maximum Gasteiger partial charge on any atom is 0.326 e. The van der Waals surface area contributed by atoms with Gasteiger partial charge in [-0.25, -0.2) is 14.6 Å². The second kappa shape index (κ2) is 15.3. The van der Waals surface area contributed by atoms with Gasteiger partial charge in [-0.15, -0.1) is 0 Å². The number of aromatic nitrogens is 1. The second-order valence-corrected chi connectivity index (χ2v) is 11.3. The molecule has 0 aromatic carbocycles. The van der Waals surface area contributed by atoms with Gasteiger partial charge in [0.15, 0.2) is 0 Å². The van der Waals surface area contributed by atoms with E-state index >= 15 is 0 Å². The minimum atomic E-state index is -0.997. The Bertz CT molecular complexity index is 882. The van der Waals surface area contributed by atoms with Crippen molar-refractivity contribution >= 4 is 17.8 Å². The Morgan fingerprint density at radius 3 is 2.53 bits per heavy atom. The first-order valence-corrected chi connectivity index (χ1v) is 14.6. The van der Waals surface area contributed by atoms with Crippen molar-refractivity contribution in [3.8, 4) is 0 Å². The number of urea groups is 1. The van der Waals surface area contributed by atoms with Crippen LogP contribution < -0.4 is 10.6 Å². The summed E-state index contributed by atoms with van der Waals surface area (Å²) >= 11 is 0. The van der Waals surface area contributed by atoms with Gasteiger partial charge in [0.05, 0.1) is 12.7 Å². The van der Waals surface area contributed by atoms with Gasteiger partial charge in [0.2, 0.25) is 0 Å². The van der Waals surface area contributed by atoms with Crippen LogP contribution in [0.1, 0.15) is 83.9 Å². The van der Waals surface area contributed by atoms with Crippen molar-refractivity contribution in [2.24, 2.45) is 0 Å². The molecule has 1 aliphatic heterocycles. The van der Waals surface area contributed by atoms with Gasteiger partial charge in [0, 0.05) is 37.4 Å². The Balaban J connectivity index is 1.50. The molecule has 3 N–H and O–H groups in total. The minimum Gasteiger partial charge on any atom is -0.480 e. The lowest BCUT2D eigenvalue weighted by atomic mass is 9.96. The fourth-order valence-electron chi connectivity index (χ4n) is 5.23. The number of pyridine rings is 1. The normalized spacial score (nSPS) is 16.2.